The summed E-state index contributed by atoms with van der Waals surface area (Å²) in [5.41, 5.74) is -0.209. The lowest BCUT2D eigenvalue weighted by Gasteiger charge is -2.18. The number of rotatable bonds is 4. The zero-order chi connectivity index (χ0) is 14.7. The molecule has 0 spiro atoms. The van der Waals surface area contributed by atoms with E-state index < -0.39 is 17.5 Å². The third kappa shape index (κ3) is 3.29. The zero-order valence-electron chi connectivity index (χ0n) is 11.4. The van der Waals surface area contributed by atoms with Gasteiger partial charge in [0.05, 0.1) is 12.2 Å². The van der Waals surface area contributed by atoms with Crippen molar-refractivity contribution in [2.75, 3.05) is 11.9 Å². The maximum Gasteiger partial charge on any atom is 0.182 e. The molecule has 110 valence electrons. The van der Waals surface area contributed by atoms with Crippen LogP contribution in [0.25, 0.3) is 0 Å². The topological polar surface area (TPSA) is 24.4 Å². The lowest BCUT2D eigenvalue weighted by Crippen LogP contribution is -2.17. The van der Waals surface area contributed by atoms with Gasteiger partial charge in [0.25, 0.3) is 0 Å². The first-order chi connectivity index (χ1) is 9.55. The third-order valence-corrected chi connectivity index (χ3v) is 4.78. The number of hydrogen-bond acceptors (Lipinski definition) is 3. The van der Waals surface area contributed by atoms with Crippen LogP contribution in [0.1, 0.15) is 26.7 Å². The monoisotopic (exact) mass is 302 g/mol. The molecule has 1 atom stereocenters. The fraction of sp³-hybridized carbons (Fsp3) is 0.500. The molecule has 0 amide bonds. The highest BCUT2D eigenvalue weighted by molar-refractivity contribution is 8.15. The number of amidine groups is 1. The molecule has 0 aliphatic carbocycles. The number of halogens is 3. The number of thioether (sulfide) groups is 1. The minimum absolute atomic E-state index is 0.209. The molecule has 0 aromatic heterocycles. The molecular formula is C14H17F3N2S. The minimum atomic E-state index is -1.20. The molecule has 1 aromatic rings. The number of anilines is 1. The molecule has 1 N–H and O–H groups in total. The highest BCUT2D eigenvalue weighted by atomic mass is 32.2. The second kappa shape index (κ2) is 6.52. The molecule has 6 heteroatoms. The van der Waals surface area contributed by atoms with Crippen molar-refractivity contribution in [2.45, 2.75) is 31.9 Å². The van der Waals surface area contributed by atoms with Gasteiger partial charge in [-0.2, -0.15) is 0 Å². The Morgan fingerprint density at radius 2 is 2.00 bits per heavy atom. The average Bonchev–Trinajstić information content (AvgIpc) is 2.85. The highest BCUT2D eigenvalue weighted by Crippen LogP contribution is 2.32. The van der Waals surface area contributed by atoms with Crippen molar-refractivity contribution in [3.05, 3.63) is 29.6 Å². The SMILES string of the molecule is CCC(CC)C1CN=C(Nc2cc(F)cc(F)c2F)S1. The van der Waals surface area contributed by atoms with Gasteiger partial charge in [-0.1, -0.05) is 38.5 Å². The summed E-state index contributed by atoms with van der Waals surface area (Å²) in [5, 5.41) is 3.54. The van der Waals surface area contributed by atoms with Gasteiger partial charge in [0.15, 0.2) is 16.8 Å². The lowest BCUT2D eigenvalue weighted by atomic mass is 9.99. The van der Waals surface area contributed by atoms with E-state index in [2.05, 4.69) is 24.2 Å². The Kier molecular flexibility index (Phi) is 4.96. The summed E-state index contributed by atoms with van der Waals surface area (Å²) in [4.78, 5) is 4.29. The lowest BCUT2D eigenvalue weighted by molar-refractivity contribution is 0.479. The van der Waals surface area contributed by atoms with Crippen molar-refractivity contribution in [1.82, 2.24) is 0 Å². The van der Waals surface area contributed by atoms with Gasteiger partial charge in [-0.15, -0.1) is 0 Å². The first-order valence-electron chi connectivity index (χ1n) is 6.67. The summed E-state index contributed by atoms with van der Waals surface area (Å²) in [6.45, 7) is 4.91. The van der Waals surface area contributed by atoms with E-state index in [4.69, 9.17) is 0 Å². The van der Waals surface area contributed by atoms with E-state index >= 15 is 0 Å². The molecule has 1 aliphatic rings. The summed E-state index contributed by atoms with van der Waals surface area (Å²) in [6.07, 6.45) is 2.11. The van der Waals surface area contributed by atoms with Gasteiger partial charge >= 0.3 is 0 Å². The van der Waals surface area contributed by atoms with E-state index in [1.165, 1.54) is 11.8 Å². The molecule has 0 saturated carbocycles. The van der Waals surface area contributed by atoms with Crippen molar-refractivity contribution in [3.63, 3.8) is 0 Å². The van der Waals surface area contributed by atoms with Gasteiger partial charge in [0.2, 0.25) is 0 Å². The Bertz CT molecular complexity index is 515. The number of hydrogen-bond donors (Lipinski definition) is 1. The van der Waals surface area contributed by atoms with Crippen molar-refractivity contribution in [3.8, 4) is 0 Å². The summed E-state index contributed by atoms with van der Waals surface area (Å²) in [5.74, 6) is -2.56. The maximum atomic E-state index is 13.6. The molecular weight excluding hydrogens is 285 g/mol. The first kappa shape index (κ1) is 15.2. The van der Waals surface area contributed by atoms with Gasteiger partial charge in [0, 0.05) is 17.4 Å². The van der Waals surface area contributed by atoms with E-state index in [1.807, 2.05) is 0 Å². The van der Waals surface area contributed by atoms with E-state index in [9.17, 15) is 13.2 Å². The van der Waals surface area contributed by atoms with Crippen LogP contribution in [0, 0.1) is 23.4 Å². The van der Waals surface area contributed by atoms with Crippen LogP contribution in [-0.4, -0.2) is 17.0 Å². The van der Waals surface area contributed by atoms with Gasteiger partial charge in [-0.3, -0.25) is 4.99 Å². The summed E-state index contributed by atoms with van der Waals surface area (Å²) in [6, 6.07) is 1.46. The molecule has 0 fully saturated rings. The number of nitrogens with zero attached hydrogens (tertiary/aromatic N) is 1. The fourth-order valence-electron chi connectivity index (χ4n) is 2.28. The molecule has 0 saturated heterocycles. The van der Waals surface area contributed by atoms with Gasteiger partial charge in [-0.25, -0.2) is 13.2 Å². The number of aliphatic imine (C=N–C) groups is 1. The van der Waals surface area contributed by atoms with Gasteiger partial charge < -0.3 is 5.32 Å². The predicted octanol–water partition coefficient (Wildman–Crippen LogP) is 4.42. The molecule has 0 radical (unpaired) electrons. The fourth-order valence-corrected chi connectivity index (χ4v) is 3.61. The van der Waals surface area contributed by atoms with E-state index in [1.54, 1.807) is 0 Å². The van der Waals surface area contributed by atoms with Crippen LogP contribution in [0.3, 0.4) is 0 Å². The Morgan fingerprint density at radius 1 is 1.30 bits per heavy atom. The van der Waals surface area contributed by atoms with Crippen LogP contribution in [0.5, 0.6) is 0 Å². The molecule has 1 aliphatic heterocycles. The quantitative estimate of drug-likeness (QED) is 0.832. The van der Waals surface area contributed by atoms with Crippen molar-refractivity contribution < 1.29 is 13.2 Å². The minimum Gasteiger partial charge on any atom is -0.332 e. The second-order valence-electron chi connectivity index (χ2n) is 4.75. The van der Waals surface area contributed by atoms with Gasteiger partial charge in [0.1, 0.15) is 5.82 Å². The maximum absolute atomic E-state index is 13.6. The van der Waals surface area contributed by atoms with E-state index in [0.717, 1.165) is 18.9 Å². The summed E-state index contributed by atoms with van der Waals surface area (Å²) >= 11 is 1.51. The molecule has 1 heterocycles. The van der Waals surface area contributed by atoms with Crippen LogP contribution >= 0.6 is 11.8 Å². The normalized spacial score (nSPS) is 18.5. The van der Waals surface area contributed by atoms with Crippen molar-refractivity contribution in [1.29, 1.82) is 0 Å². The van der Waals surface area contributed by atoms with Crippen LogP contribution in [0.2, 0.25) is 0 Å². The standard InChI is InChI=1S/C14H17F3N2S/c1-3-8(4-2)12-7-18-14(20-12)19-11-6-9(15)5-10(16)13(11)17/h5-6,8,12H,3-4,7H2,1-2H3,(H,18,19). The van der Waals surface area contributed by atoms with Crippen LogP contribution in [0.15, 0.2) is 17.1 Å². The molecule has 20 heavy (non-hydrogen) atoms. The molecule has 1 unspecified atom stereocenters. The predicted molar refractivity (Wildman–Crippen MR) is 77.7 cm³/mol. The van der Waals surface area contributed by atoms with Crippen molar-refractivity contribution in [2.24, 2.45) is 10.9 Å². The van der Waals surface area contributed by atoms with Crippen LogP contribution in [0.4, 0.5) is 18.9 Å². The van der Waals surface area contributed by atoms with Crippen LogP contribution in [-0.2, 0) is 0 Å². The first-order valence-corrected chi connectivity index (χ1v) is 7.55. The van der Waals surface area contributed by atoms with Crippen LogP contribution < -0.4 is 5.32 Å². The van der Waals surface area contributed by atoms with Crippen molar-refractivity contribution >= 4 is 22.6 Å². The Morgan fingerprint density at radius 3 is 2.65 bits per heavy atom. The number of nitrogens with one attached hydrogen (secondary N) is 1. The summed E-state index contributed by atoms with van der Waals surface area (Å²) in [7, 11) is 0. The molecule has 1 aromatic carbocycles. The number of benzene rings is 1. The Hall–Kier alpha value is -1.17. The van der Waals surface area contributed by atoms with E-state index in [-0.39, 0.29) is 5.69 Å². The smallest absolute Gasteiger partial charge is 0.182 e. The molecule has 2 nitrogen and oxygen atoms in total. The zero-order valence-corrected chi connectivity index (χ0v) is 12.2. The largest absolute Gasteiger partial charge is 0.332 e. The third-order valence-electron chi connectivity index (χ3n) is 3.49. The van der Waals surface area contributed by atoms with E-state index in [0.29, 0.717) is 28.9 Å². The average molecular weight is 302 g/mol. The molecule has 0 bridgehead atoms. The van der Waals surface area contributed by atoms with Gasteiger partial charge in [-0.05, 0) is 5.92 Å². The Balaban J connectivity index is 2.06. The summed E-state index contributed by atoms with van der Waals surface area (Å²) < 4.78 is 39.8. The molecule has 2 rings (SSSR count). The second-order valence-corrected chi connectivity index (χ2v) is 5.98. The highest BCUT2D eigenvalue weighted by Gasteiger charge is 2.26. The Labute approximate surface area is 120 Å².